The second-order valence-corrected chi connectivity index (χ2v) is 9.70. The van der Waals surface area contributed by atoms with Crippen molar-refractivity contribution in [2.75, 3.05) is 5.32 Å². The summed E-state index contributed by atoms with van der Waals surface area (Å²) in [6.07, 6.45) is 2.60. The molecule has 208 valence electrons. The number of rotatable bonds is 8. The third-order valence-electron chi connectivity index (χ3n) is 6.33. The maximum atomic E-state index is 13.3. The minimum atomic E-state index is -0.652. The van der Waals surface area contributed by atoms with Crippen LogP contribution in [-0.4, -0.2) is 38.3 Å². The van der Waals surface area contributed by atoms with Gasteiger partial charge in [-0.2, -0.15) is 5.10 Å². The molecule has 0 atom stereocenters. The Labute approximate surface area is 244 Å². The number of fused-ring (bicyclic) bond motifs is 1. The Balaban J connectivity index is 1.45. The zero-order valence-corrected chi connectivity index (χ0v) is 23.0. The van der Waals surface area contributed by atoms with Crippen LogP contribution in [0.5, 0.6) is 0 Å². The van der Waals surface area contributed by atoms with Crippen molar-refractivity contribution in [3.05, 3.63) is 135 Å². The fourth-order valence-corrected chi connectivity index (χ4v) is 4.35. The summed E-state index contributed by atoms with van der Waals surface area (Å²) in [4.78, 5) is 62.9. The van der Waals surface area contributed by atoms with Gasteiger partial charge in [0.15, 0.2) is 5.78 Å². The Kier molecular flexibility index (Phi) is 8.26. The van der Waals surface area contributed by atoms with E-state index in [0.717, 1.165) is 0 Å². The summed E-state index contributed by atoms with van der Waals surface area (Å²) in [5.41, 5.74) is 4.75. The molecule has 0 bridgehead atoms. The fourth-order valence-electron chi connectivity index (χ4n) is 4.12. The first-order valence-electron chi connectivity index (χ1n) is 12.8. The molecule has 5 aromatic rings. The van der Waals surface area contributed by atoms with Crippen molar-refractivity contribution in [1.82, 2.24) is 20.4 Å². The number of hydrogen-bond donors (Lipinski definition) is 3. The number of hydrogen-bond acceptors (Lipinski definition) is 7. The van der Waals surface area contributed by atoms with Crippen molar-refractivity contribution in [2.45, 2.75) is 13.3 Å². The molecule has 5 rings (SSSR count). The first-order valence-corrected chi connectivity index (χ1v) is 13.1. The lowest BCUT2D eigenvalue weighted by Gasteiger charge is -2.11. The standard InChI is InChI=1S/C31H23ClN6O4/c1-18-15-22(32)8-10-23(18)35-31(42)27(37-38-29(40)20-11-13-33-14-12-20)17-26-30(41)36-25-16-21(7-9-24(25)34-26)28(39)19-5-3-2-4-6-19/h2-16H,17H2,1H3,(H,35,42)(H,36,41)(H,38,40)/b37-27+. The van der Waals surface area contributed by atoms with Crippen molar-refractivity contribution in [2.24, 2.45) is 5.10 Å². The first-order chi connectivity index (χ1) is 20.3. The van der Waals surface area contributed by atoms with Gasteiger partial charge < -0.3 is 10.3 Å². The summed E-state index contributed by atoms with van der Waals surface area (Å²) in [6.45, 7) is 1.77. The largest absolute Gasteiger partial charge is 0.321 e. The molecule has 0 radical (unpaired) electrons. The van der Waals surface area contributed by atoms with Gasteiger partial charge in [0.05, 0.1) is 11.0 Å². The average Bonchev–Trinajstić information content (AvgIpc) is 3.00. The molecule has 0 unspecified atom stereocenters. The number of aromatic amines is 1. The van der Waals surface area contributed by atoms with Crippen LogP contribution in [0.4, 0.5) is 5.69 Å². The third-order valence-corrected chi connectivity index (χ3v) is 6.56. The lowest BCUT2D eigenvalue weighted by atomic mass is 10.0. The predicted octanol–water partition coefficient (Wildman–Crippen LogP) is 4.48. The average molecular weight is 579 g/mol. The van der Waals surface area contributed by atoms with Crippen LogP contribution in [0.25, 0.3) is 11.0 Å². The SMILES string of the molecule is Cc1cc(Cl)ccc1NC(=O)/C(Cc1nc2ccc(C(=O)c3ccccc3)cc2[nH]c1=O)=N/NC(=O)c1ccncc1. The van der Waals surface area contributed by atoms with Gasteiger partial charge in [-0.1, -0.05) is 41.9 Å². The molecule has 2 amide bonds. The van der Waals surface area contributed by atoms with Crippen molar-refractivity contribution in [1.29, 1.82) is 0 Å². The van der Waals surface area contributed by atoms with Crippen LogP contribution < -0.4 is 16.3 Å². The number of halogens is 1. The maximum absolute atomic E-state index is 13.3. The van der Waals surface area contributed by atoms with Crippen molar-refractivity contribution >= 4 is 51.6 Å². The molecule has 42 heavy (non-hydrogen) atoms. The van der Waals surface area contributed by atoms with Gasteiger partial charge in [0, 0.05) is 46.2 Å². The highest BCUT2D eigenvalue weighted by atomic mass is 35.5. The van der Waals surface area contributed by atoms with Gasteiger partial charge in [-0.3, -0.25) is 24.2 Å². The van der Waals surface area contributed by atoms with E-state index < -0.39 is 17.4 Å². The minimum absolute atomic E-state index is 0.00970. The summed E-state index contributed by atoms with van der Waals surface area (Å²) >= 11 is 6.04. The first kappa shape index (κ1) is 28.1. The van der Waals surface area contributed by atoms with Crippen LogP contribution >= 0.6 is 11.6 Å². The summed E-state index contributed by atoms with van der Waals surface area (Å²) in [5.74, 6) is -1.42. The Hall–Kier alpha value is -5.48. The molecule has 0 saturated carbocycles. The molecule has 3 N–H and O–H groups in total. The number of anilines is 1. The van der Waals surface area contributed by atoms with Gasteiger partial charge in [-0.05, 0) is 61.0 Å². The number of carbonyl (C=O) groups excluding carboxylic acids is 3. The number of nitrogens with one attached hydrogen (secondary N) is 3. The number of ketones is 1. The molecule has 2 heterocycles. The second-order valence-electron chi connectivity index (χ2n) is 9.27. The van der Waals surface area contributed by atoms with Gasteiger partial charge in [0.1, 0.15) is 11.4 Å². The molecule has 0 spiro atoms. The third kappa shape index (κ3) is 6.45. The number of nitrogens with zero attached hydrogens (tertiary/aromatic N) is 3. The van der Waals surface area contributed by atoms with Crippen LogP contribution in [0.2, 0.25) is 5.02 Å². The minimum Gasteiger partial charge on any atom is -0.321 e. The highest BCUT2D eigenvalue weighted by molar-refractivity contribution is 6.43. The Morgan fingerprint density at radius 3 is 2.40 bits per heavy atom. The number of amides is 2. The summed E-state index contributed by atoms with van der Waals surface area (Å²) in [5, 5.41) is 7.30. The van der Waals surface area contributed by atoms with Crippen molar-refractivity contribution in [3.8, 4) is 0 Å². The molecule has 0 aliphatic heterocycles. The smallest absolute Gasteiger partial charge is 0.272 e. The highest BCUT2D eigenvalue weighted by Crippen LogP contribution is 2.20. The van der Waals surface area contributed by atoms with E-state index in [-0.39, 0.29) is 29.2 Å². The highest BCUT2D eigenvalue weighted by Gasteiger charge is 2.19. The number of H-pyrrole nitrogens is 1. The van der Waals surface area contributed by atoms with E-state index in [1.165, 1.54) is 24.5 Å². The van der Waals surface area contributed by atoms with Crippen LogP contribution in [0.3, 0.4) is 0 Å². The van der Waals surface area contributed by atoms with Gasteiger partial charge in [-0.25, -0.2) is 10.4 Å². The molecular weight excluding hydrogens is 556 g/mol. The molecular formula is C31H23ClN6O4. The van der Waals surface area contributed by atoms with E-state index in [9.17, 15) is 19.2 Å². The summed E-state index contributed by atoms with van der Waals surface area (Å²) < 4.78 is 0. The lowest BCUT2D eigenvalue weighted by Crippen LogP contribution is -2.31. The Morgan fingerprint density at radius 2 is 1.67 bits per heavy atom. The van der Waals surface area contributed by atoms with E-state index >= 15 is 0 Å². The van der Waals surface area contributed by atoms with Crippen LogP contribution in [-0.2, 0) is 11.2 Å². The zero-order chi connectivity index (χ0) is 29.6. The number of benzene rings is 3. The van der Waals surface area contributed by atoms with Crippen molar-refractivity contribution < 1.29 is 14.4 Å². The van der Waals surface area contributed by atoms with Crippen LogP contribution in [0, 0.1) is 6.92 Å². The lowest BCUT2D eigenvalue weighted by molar-refractivity contribution is -0.110. The monoisotopic (exact) mass is 578 g/mol. The molecule has 10 nitrogen and oxygen atoms in total. The number of aromatic nitrogens is 3. The zero-order valence-electron chi connectivity index (χ0n) is 22.2. The summed E-state index contributed by atoms with van der Waals surface area (Å²) in [6, 6.07) is 21.5. The van der Waals surface area contributed by atoms with E-state index in [2.05, 4.69) is 30.8 Å². The van der Waals surface area contributed by atoms with E-state index in [1.54, 1.807) is 67.6 Å². The fraction of sp³-hybridized carbons (Fsp3) is 0.0645. The predicted molar refractivity (Wildman–Crippen MR) is 160 cm³/mol. The summed E-state index contributed by atoms with van der Waals surface area (Å²) in [7, 11) is 0. The van der Waals surface area contributed by atoms with E-state index in [0.29, 0.717) is 38.4 Å². The molecule has 11 heteroatoms. The van der Waals surface area contributed by atoms with Gasteiger partial charge >= 0.3 is 0 Å². The number of hydrazone groups is 1. The molecule has 3 aromatic carbocycles. The molecule has 0 aliphatic rings. The van der Waals surface area contributed by atoms with Crippen LogP contribution in [0.15, 0.2) is 101 Å². The normalized spacial score (nSPS) is 11.2. The Morgan fingerprint density at radius 1 is 0.905 bits per heavy atom. The van der Waals surface area contributed by atoms with E-state index in [1.807, 2.05) is 6.07 Å². The topological polar surface area (TPSA) is 146 Å². The number of carbonyl (C=O) groups is 3. The molecule has 2 aromatic heterocycles. The van der Waals surface area contributed by atoms with Gasteiger partial charge in [0.25, 0.3) is 17.4 Å². The van der Waals surface area contributed by atoms with Crippen molar-refractivity contribution in [3.63, 3.8) is 0 Å². The quantitative estimate of drug-likeness (QED) is 0.141. The Bertz CT molecular complexity index is 1910. The molecule has 0 aliphatic carbocycles. The number of aryl methyl sites for hydroxylation is 1. The van der Waals surface area contributed by atoms with Gasteiger partial charge in [0.2, 0.25) is 0 Å². The number of pyridine rings is 1. The molecule has 0 fully saturated rings. The molecule has 0 saturated heterocycles. The maximum Gasteiger partial charge on any atom is 0.272 e. The second kappa shape index (κ2) is 12.4. The van der Waals surface area contributed by atoms with Gasteiger partial charge in [-0.15, -0.1) is 0 Å². The van der Waals surface area contributed by atoms with Crippen LogP contribution in [0.1, 0.15) is 37.5 Å². The van der Waals surface area contributed by atoms with E-state index in [4.69, 9.17) is 11.6 Å².